The minimum atomic E-state index is -0.486. The van der Waals surface area contributed by atoms with Crippen molar-refractivity contribution in [3.05, 3.63) is 0 Å². The number of carbonyl (C=O) groups is 1. The second kappa shape index (κ2) is 2.58. The van der Waals surface area contributed by atoms with Gasteiger partial charge in [-0.05, 0) is 26.7 Å². The van der Waals surface area contributed by atoms with Crippen LogP contribution in [0.3, 0.4) is 0 Å². The molecule has 1 fully saturated rings. The van der Waals surface area contributed by atoms with Gasteiger partial charge >= 0.3 is 0 Å². The molecule has 1 aliphatic rings. The summed E-state index contributed by atoms with van der Waals surface area (Å²) < 4.78 is 0. The highest BCUT2D eigenvalue weighted by Gasteiger charge is 2.32. The Morgan fingerprint density at radius 1 is 1.64 bits per heavy atom. The molecule has 1 amide bonds. The predicted octanol–water partition coefficient (Wildman–Crippen LogP) is 0.924. The molecule has 0 aromatic carbocycles. The first-order valence-electron chi connectivity index (χ1n) is 3.85. The van der Waals surface area contributed by atoms with E-state index in [0.717, 1.165) is 12.8 Å². The zero-order chi connectivity index (χ0) is 8.48. The van der Waals surface area contributed by atoms with Crippen LogP contribution in [0.1, 0.15) is 26.7 Å². The van der Waals surface area contributed by atoms with Crippen LogP contribution in [0.25, 0.3) is 0 Å². The monoisotopic (exact) mass is 151 g/mol. The van der Waals surface area contributed by atoms with Gasteiger partial charge in [0.05, 0.1) is 5.54 Å². The molecule has 1 N–H and O–H groups in total. The molecule has 1 rings (SSSR count). The van der Waals surface area contributed by atoms with Crippen molar-refractivity contribution in [2.45, 2.75) is 32.2 Å². The Morgan fingerprint density at radius 2 is 2.18 bits per heavy atom. The summed E-state index contributed by atoms with van der Waals surface area (Å²) >= 11 is 0. The summed E-state index contributed by atoms with van der Waals surface area (Å²) in [6.07, 6.45) is 7.25. The number of amides is 1. The summed E-state index contributed by atoms with van der Waals surface area (Å²) in [5.74, 6) is 2.87. The number of terminal acetylenes is 1. The molecular weight excluding hydrogens is 138 g/mol. The molecule has 0 atom stereocenters. The van der Waals surface area contributed by atoms with Crippen molar-refractivity contribution in [2.24, 2.45) is 5.92 Å². The van der Waals surface area contributed by atoms with Gasteiger partial charge in [0.15, 0.2) is 0 Å². The molecule has 1 aliphatic carbocycles. The van der Waals surface area contributed by atoms with Gasteiger partial charge in [0.2, 0.25) is 5.91 Å². The molecule has 2 heteroatoms. The topological polar surface area (TPSA) is 29.1 Å². The number of hydrogen-bond acceptors (Lipinski definition) is 1. The smallest absolute Gasteiger partial charge is 0.224 e. The maximum Gasteiger partial charge on any atom is 0.224 e. The zero-order valence-electron chi connectivity index (χ0n) is 6.98. The summed E-state index contributed by atoms with van der Waals surface area (Å²) in [6.45, 7) is 3.65. The Balaban J connectivity index is 2.41. The molecule has 0 aliphatic heterocycles. The van der Waals surface area contributed by atoms with Crippen LogP contribution >= 0.6 is 0 Å². The van der Waals surface area contributed by atoms with Crippen LogP contribution in [0.5, 0.6) is 0 Å². The third kappa shape index (κ3) is 2.27. The fourth-order valence-corrected chi connectivity index (χ4v) is 0.792. The van der Waals surface area contributed by atoms with Gasteiger partial charge in [0.25, 0.3) is 0 Å². The summed E-state index contributed by atoms with van der Waals surface area (Å²) in [7, 11) is 0. The highest BCUT2D eigenvalue weighted by atomic mass is 16.2. The second-order valence-electron chi connectivity index (χ2n) is 3.53. The van der Waals surface area contributed by atoms with Crippen LogP contribution in [0, 0.1) is 18.3 Å². The van der Waals surface area contributed by atoms with Crippen molar-refractivity contribution in [3.63, 3.8) is 0 Å². The summed E-state index contributed by atoms with van der Waals surface area (Å²) in [5, 5.41) is 2.79. The van der Waals surface area contributed by atoms with Crippen molar-refractivity contribution in [3.8, 4) is 12.3 Å². The number of nitrogens with one attached hydrogen (secondary N) is 1. The second-order valence-corrected chi connectivity index (χ2v) is 3.53. The van der Waals surface area contributed by atoms with E-state index in [9.17, 15) is 4.79 Å². The van der Waals surface area contributed by atoms with Crippen molar-refractivity contribution >= 4 is 5.91 Å². The van der Waals surface area contributed by atoms with E-state index in [1.165, 1.54) is 0 Å². The Hall–Kier alpha value is -0.970. The first kappa shape index (κ1) is 8.13. The SMILES string of the molecule is C#CC(C)(C)NC(=O)C1CC1. The Morgan fingerprint density at radius 3 is 2.55 bits per heavy atom. The van der Waals surface area contributed by atoms with Crippen molar-refractivity contribution in [1.29, 1.82) is 0 Å². The molecule has 0 heterocycles. The van der Waals surface area contributed by atoms with E-state index in [1.54, 1.807) is 0 Å². The van der Waals surface area contributed by atoms with Crippen LogP contribution in [-0.4, -0.2) is 11.4 Å². The average molecular weight is 151 g/mol. The molecule has 1 saturated carbocycles. The van der Waals surface area contributed by atoms with E-state index in [2.05, 4.69) is 11.2 Å². The molecule has 0 bridgehead atoms. The molecular formula is C9H13NO. The van der Waals surface area contributed by atoms with Gasteiger partial charge in [-0.15, -0.1) is 6.42 Å². The summed E-state index contributed by atoms with van der Waals surface area (Å²) in [4.78, 5) is 11.2. The van der Waals surface area contributed by atoms with Crippen LogP contribution in [0.2, 0.25) is 0 Å². The fourth-order valence-electron chi connectivity index (χ4n) is 0.792. The normalized spacial score (nSPS) is 17.2. The van der Waals surface area contributed by atoms with Crippen LogP contribution < -0.4 is 5.32 Å². The van der Waals surface area contributed by atoms with Gasteiger partial charge in [-0.1, -0.05) is 5.92 Å². The van der Waals surface area contributed by atoms with E-state index >= 15 is 0 Å². The predicted molar refractivity (Wildman–Crippen MR) is 43.8 cm³/mol. The Kier molecular flexibility index (Phi) is 1.90. The molecule has 0 spiro atoms. The maximum absolute atomic E-state index is 11.2. The average Bonchev–Trinajstić information content (AvgIpc) is 2.67. The van der Waals surface area contributed by atoms with Crippen molar-refractivity contribution < 1.29 is 4.79 Å². The lowest BCUT2D eigenvalue weighted by Crippen LogP contribution is -2.42. The Labute approximate surface area is 67.4 Å². The third-order valence-electron chi connectivity index (χ3n) is 1.74. The minimum Gasteiger partial charge on any atom is -0.340 e. The highest BCUT2D eigenvalue weighted by molar-refractivity contribution is 5.81. The van der Waals surface area contributed by atoms with E-state index in [0.29, 0.717) is 0 Å². The van der Waals surface area contributed by atoms with Gasteiger partial charge in [-0.2, -0.15) is 0 Å². The number of hydrogen-bond donors (Lipinski definition) is 1. The fraction of sp³-hybridized carbons (Fsp3) is 0.667. The van der Waals surface area contributed by atoms with Gasteiger partial charge in [0.1, 0.15) is 0 Å². The van der Waals surface area contributed by atoms with Crippen molar-refractivity contribution in [2.75, 3.05) is 0 Å². The zero-order valence-corrected chi connectivity index (χ0v) is 6.98. The lowest BCUT2D eigenvalue weighted by molar-refractivity contribution is -0.123. The summed E-state index contributed by atoms with van der Waals surface area (Å²) in [5.41, 5.74) is -0.486. The molecule has 0 unspecified atom stereocenters. The first-order chi connectivity index (χ1) is 5.05. The molecule has 0 saturated heterocycles. The molecule has 0 aromatic rings. The van der Waals surface area contributed by atoms with Gasteiger partial charge < -0.3 is 5.32 Å². The van der Waals surface area contributed by atoms with E-state index in [1.807, 2.05) is 13.8 Å². The highest BCUT2D eigenvalue weighted by Crippen LogP contribution is 2.29. The first-order valence-corrected chi connectivity index (χ1v) is 3.85. The van der Waals surface area contributed by atoms with E-state index < -0.39 is 5.54 Å². The Bertz CT molecular complexity index is 208. The molecule has 11 heavy (non-hydrogen) atoms. The minimum absolute atomic E-state index is 0.105. The number of rotatable bonds is 2. The van der Waals surface area contributed by atoms with Gasteiger partial charge in [-0.3, -0.25) is 4.79 Å². The molecule has 0 radical (unpaired) electrons. The van der Waals surface area contributed by atoms with Crippen LogP contribution in [0.4, 0.5) is 0 Å². The van der Waals surface area contributed by atoms with E-state index in [-0.39, 0.29) is 11.8 Å². The quantitative estimate of drug-likeness (QED) is 0.584. The standard InChI is InChI=1S/C9H13NO/c1-4-9(2,3)10-8(11)7-5-6-7/h1,7H,5-6H2,2-3H3,(H,10,11). The lowest BCUT2D eigenvalue weighted by atomic mass is 10.1. The number of carbonyl (C=O) groups excluding carboxylic acids is 1. The van der Waals surface area contributed by atoms with E-state index in [4.69, 9.17) is 6.42 Å². The molecule has 2 nitrogen and oxygen atoms in total. The largest absolute Gasteiger partial charge is 0.340 e. The molecule has 0 aromatic heterocycles. The van der Waals surface area contributed by atoms with Crippen molar-refractivity contribution in [1.82, 2.24) is 5.32 Å². The maximum atomic E-state index is 11.2. The van der Waals surface area contributed by atoms with Gasteiger partial charge in [-0.25, -0.2) is 0 Å². The van der Waals surface area contributed by atoms with Crippen LogP contribution in [-0.2, 0) is 4.79 Å². The molecule has 60 valence electrons. The van der Waals surface area contributed by atoms with Gasteiger partial charge in [0, 0.05) is 5.92 Å². The van der Waals surface area contributed by atoms with Crippen LogP contribution in [0.15, 0.2) is 0 Å². The summed E-state index contributed by atoms with van der Waals surface area (Å²) in [6, 6.07) is 0. The third-order valence-corrected chi connectivity index (χ3v) is 1.74. The lowest BCUT2D eigenvalue weighted by Gasteiger charge is -2.19.